The van der Waals surface area contributed by atoms with E-state index >= 15 is 0 Å². The molecule has 0 aliphatic rings. The first-order valence-corrected chi connectivity index (χ1v) is 6.56. The van der Waals surface area contributed by atoms with Gasteiger partial charge in [0.2, 0.25) is 5.91 Å². The summed E-state index contributed by atoms with van der Waals surface area (Å²) in [5, 5.41) is 3.08. The number of hydrogen-bond donors (Lipinski definition) is 2. The molecule has 0 fully saturated rings. The molecular formula is C13H20N4OS. The fourth-order valence-corrected chi connectivity index (χ4v) is 1.77. The van der Waals surface area contributed by atoms with Crippen molar-refractivity contribution in [1.29, 1.82) is 0 Å². The van der Waals surface area contributed by atoms with Crippen LogP contribution in [0.4, 0.5) is 5.82 Å². The maximum Gasteiger partial charge on any atom is 0.244 e. The van der Waals surface area contributed by atoms with Crippen LogP contribution < -0.4 is 11.1 Å². The Morgan fingerprint density at radius 2 is 2.21 bits per heavy atom. The number of nitrogens with two attached hydrogens (primary N) is 1. The van der Waals surface area contributed by atoms with Gasteiger partial charge in [0.05, 0.1) is 0 Å². The Morgan fingerprint density at radius 3 is 2.74 bits per heavy atom. The molecule has 6 heteroatoms. The fraction of sp³-hybridized carbons (Fsp3) is 0.462. The second-order valence-electron chi connectivity index (χ2n) is 4.47. The Hall–Kier alpha value is -1.69. The summed E-state index contributed by atoms with van der Waals surface area (Å²) in [6.45, 7) is 6.27. The van der Waals surface area contributed by atoms with Crippen molar-refractivity contribution in [2.45, 2.75) is 26.8 Å². The van der Waals surface area contributed by atoms with Gasteiger partial charge < -0.3 is 16.0 Å². The fourth-order valence-electron chi connectivity index (χ4n) is 1.65. The van der Waals surface area contributed by atoms with Gasteiger partial charge in [-0.25, -0.2) is 4.98 Å². The van der Waals surface area contributed by atoms with Crippen LogP contribution in [0.5, 0.6) is 0 Å². The van der Waals surface area contributed by atoms with Crippen LogP contribution in [0.2, 0.25) is 0 Å². The van der Waals surface area contributed by atoms with E-state index in [-0.39, 0.29) is 11.9 Å². The summed E-state index contributed by atoms with van der Waals surface area (Å²) in [7, 11) is 1.77. The van der Waals surface area contributed by atoms with Crippen LogP contribution in [0, 0.1) is 6.92 Å². The van der Waals surface area contributed by atoms with Crippen LogP contribution in [0.1, 0.15) is 25.1 Å². The smallest absolute Gasteiger partial charge is 0.244 e. The van der Waals surface area contributed by atoms with Crippen LogP contribution >= 0.6 is 12.2 Å². The number of nitrogens with one attached hydrogen (secondary N) is 1. The number of pyridine rings is 1. The van der Waals surface area contributed by atoms with Crippen LogP contribution in [0.15, 0.2) is 12.1 Å². The zero-order valence-electron chi connectivity index (χ0n) is 11.7. The third-order valence-electron chi connectivity index (χ3n) is 2.82. The molecule has 0 aliphatic heterocycles. The van der Waals surface area contributed by atoms with E-state index in [4.69, 9.17) is 18.0 Å². The second-order valence-corrected chi connectivity index (χ2v) is 4.90. The Bertz CT molecular complexity index is 490. The average molecular weight is 280 g/mol. The zero-order valence-corrected chi connectivity index (χ0v) is 12.5. The normalized spacial score (nSPS) is 11.8. The minimum Gasteiger partial charge on any atom is -0.389 e. The molecule has 0 saturated carbocycles. The Balaban J connectivity index is 2.87. The molecule has 1 unspecified atom stereocenters. The standard InChI is InChI=1S/C13H20N4OS/c1-5-17(4)13(18)9(3)16-11-7-10(12(14)19)6-8(2)15-11/h6-7,9H,5H2,1-4H3,(H2,14,19)(H,15,16). The van der Waals surface area contributed by atoms with E-state index in [1.165, 1.54) is 0 Å². The van der Waals surface area contributed by atoms with Gasteiger partial charge in [0.25, 0.3) is 0 Å². The van der Waals surface area contributed by atoms with Crippen molar-refractivity contribution in [1.82, 2.24) is 9.88 Å². The maximum atomic E-state index is 12.0. The molecule has 5 nitrogen and oxygen atoms in total. The van der Waals surface area contributed by atoms with Crippen molar-refractivity contribution in [3.8, 4) is 0 Å². The summed E-state index contributed by atoms with van der Waals surface area (Å²) in [5.41, 5.74) is 7.16. The van der Waals surface area contributed by atoms with Crippen molar-refractivity contribution < 1.29 is 4.79 Å². The van der Waals surface area contributed by atoms with E-state index in [9.17, 15) is 4.79 Å². The molecule has 0 saturated heterocycles. The highest BCUT2D eigenvalue weighted by molar-refractivity contribution is 7.80. The van der Waals surface area contributed by atoms with E-state index in [1.807, 2.05) is 19.9 Å². The van der Waals surface area contributed by atoms with E-state index < -0.39 is 0 Å². The lowest BCUT2D eigenvalue weighted by molar-refractivity contribution is -0.130. The molecule has 1 rings (SSSR count). The molecule has 0 aromatic carbocycles. The molecular weight excluding hydrogens is 260 g/mol. The number of carbonyl (C=O) groups excluding carboxylic acids is 1. The van der Waals surface area contributed by atoms with Crippen molar-refractivity contribution in [2.75, 3.05) is 18.9 Å². The number of aryl methyl sites for hydroxylation is 1. The van der Waals surface area contributed by atoms with Gasteiger partial charge in [0.1, 0.15) is 16.8 Å². The number of hydrogen-bond acceptors (Lipinski definition) is 4. The lowest BCUT2D eigenvalue weighted by Gasteiger charge is -2.21. The topological polar surface area (TPSA) is 71.2 Å². The average Bonchev–Trinajstić information content (AvgIpc) is 2.35. The van der Waals surface area contributed by atoms with Gasteiger partial charge in [-0.1, -0.05) is 12.2 Å². The Labute approximate surface area is 119 Å². The molecule has 19 heavy (non-hydrogen) atoms. The molecule has 0 aliphatic carbocycles. The number of amides is 1. The van der Waals surface area contributed by atoms with Gasteiger partial charge in [-0.15, -0.1) is 0 Å². The molecule has 104 valence electrons. The summed E-state index contributed by atoms with van der Waals surface area (Å²) in [5.74, 6) is 0.621. The van der Waals surface area contributed by atoms with Gasteiger partial charge >= 0.3 is 0 Å². The molecule has 0 bridgehead atoms. The summed E-state index contributed by atoms with van der Waals surface area (Å²) in [6.07, 6.45) is 0. The first-order chi connectivity index (χ1) is 8.85. The molecule has 1 amide bonds. The highest BCUT2D eigenvalue weighted by Crippen LogP contribution is 2.12. The van der Waals surface area contributed by atoms with Crippen molar-refractivity contribution >= 4 is 28.9 Å². The molecule has 1 aromatic rings. The van der Waals surface area contributed by atoms with Crippen LogP contribution in [0.25, 0.3) is 0 Å². The number of aromatic nitrogens is 1. The molecule has 0 radical (unpaired) electrons. The second kappa shape index (κ2) is 6.47. The zero-order chi connectivity index (χ0) is 14.6. The Morgan fingerprint density at radius 1 is 1.58 bits per heavy atom. The molecule has 0 spiro atoms. The van der Waals surface area contributed by atoms with Gasteiger partial charge in [-0.05, 0) is 32.9 Å². The highest BCUT2D eigenvalue weighted by Gasteiger charge is 2.16. The van der Waals surface area contributed by atoms with E-state index in [2.05, 4.69) is 10.3 Å². The first kappa shape index (κ1) is 15.4. The number of likely N-dealkylation sites (N-methyl/N-ethyl adjacent to an activating group) is 1. The summed E-state index contributed by atoms with van der Waals surface area (Å²) in [4.78, 5) is 18.3. The van der Waals surface area contributed by atoms with Crippen molar-refractivity contribution in [2.24, 2.45) is 5.73 Å². The van der Waals surface area contributed by atoms with Crippen LogP contribution in [0.3, 0.4) is 0 Å². The van der Waals surface area contributed by atoms with Gasteiger partial charge in [0, 0.05) is 24.8 Å². The van der Waals surface area contributed by atoms with Crippen LogP contribution in [-0.4, -0.2) is 40.4 Å². The lowest BCUT2D eigenvalue weighted by Crippen LogP contribution is -2.39. The van der Waals surface area contributed by atoms with E-state index in [0.29, 0.717) is 17.4 Å². The predicted octanol–water partition coefficient (Wildman–Crippen LogP) is 1.30. The predicted molar refractivity (Wildman–Crippen MR) is 81.3 cm³/mol. The quantitative estimate of drug-likeness (QED) is 0.796. The van der Waals surface area contributed by atoms with E-state index in [1.54, 1.807) is 24.9 Å². The minimum absolute atomic E-state index is 0.0164. The number of anilines is 1. The molecule has 1 aromatic heterocycles. The number of thiocarbonyl (C=S) groups is 1. The number of nitrogens with zero attached hydrogens (tertiary/aromatic N) is 2. The van der Waals surface area contributed by atoms with E-state index in [0.717, 1.165) is 11.3 Å². The third kappa shape index (κ3) is 4.17. The molecule has 3 N–H and O–H groups in total. The Kier molecular flexibility index (Phi) is 5.23. The number of rotatable bonds is 5. The number of carbonyl (C=O) groups is 1. The third-order valence-corrected chi connectivity index (χ3v) is 3.06. The molecule has 1 heterocycles. The SMILES string of the molecule is CCN(C)C(=O)C(C)Nc1cc(C(N)=S)cc(C)n1. The van der Waals surface area contributed by atoms with Gasteiger partial charge in [0.15, 0.2) is 0 Å². The van der Waals surface area contributed by atoms with Gasteiger partial charge in [-0.2, -0.15) is 0 Å². The largest absolute Gasteiger partial charge is 0.389 e. The van der Waals surface area contributed by atoms with Crippen molar-refractivity contribution in [3.05, 3.63) is 23.4 Å². The molecule has 1 atom stereocenters. The lowest BCUT2D eigenvalue weighted by atomic mass is 10.2. The summed E-state index contributed by atoms with van der Waals surface area (Å²) >= 11 is 4.95. The van der Waals surface area contributed by atoms with Crippen molar-refractivity contribution in [3.63, 3.8) is 0 Å². The summed E-state index contributed by atoms with van der Waals surface area (Å²) < 4.78 is 0. The minimum atomic E-state index is -0.349. The maximum absolute atomic E-state index is 12.0. The summed E-state index contributed by atoms with van der Waals surface area (Å²) in [6, 6.07) is 3.22. The first-order valence-electron chi connectivity index (χ1n) is 6.15. The van der Waals surface area contributed by atoms with Crippen LogP contribution in [-0.2, 0) is 4.79 Å². The van der Waals surface area contributed by atoms with Gasteiger partial charge in [-0.3, -0.25) is 4.79 Å². The highest BCUT2D eigenvalue weighted by atomic mass is 32.1. The monoisotopic (exact) mass is 280 g/mol.